The van der Waals surface area contributed by atoms with Crippen molar-refractivity contribution in [3.63, 3.8) is 0 Å². The summed E-state index contributed by atoms with van der Waals surface area (Å²) in [6.07, 6.45) is 0.507. The van der Waals surface area contributed by atoms with Crippen molar-refractivity contribution in [2.24, 2.45) is 11.7 Å². The van der Waals surface area contributed by atoms with E-state index in [4.69, 9.17) is 15.2 Å². The molecule has 0 radical (unpaired) electrons. The van der Waals surface area contributed by atoms with Crippen LogP contribution in [-0.2, 0) is 11.2 Å². The number of carbonyl (C=O) groups excluding carboxylic acids is 2. The molecule has 0 aliphatic carbocycles. The Kier molecular flexibility index (Phi) is 7.63. The molecule has 0 fully saturated rings. The van der Waals surface area contributed by atoms with Gasteiger partial charge in [-0.2, -0.15) is 0 Å². The Balaban J connectivity index is 1.88. The number of ether oxygens (including phenoxy) is 2. The Hall–Kier alpha value is -2.78. The molecule has 1 heterocycles. The van der Waals surface area contributed by atoms with Crippen LogP contribution >= 0.6 is 15.9 Å². The number of halogens is 1. The van der Waals surface area contributed by atoms with E-state index in [1.165, 1.54) is 0 Å². The molecule has 0 bridgehead atoms. The summed E-state index contributed by atoms with van der Waals surface area (Å²) in [7, 11) is 7.49. The van der Waals surface area contributed by atoms with Crippen molar-refractivity contribution in [1.82, 2.24) is 4.90 Å². The summed E-state index contributed by atoms with van der Waals surface area (Å²) in [6, 6.07) is 9.05. The monoisotopic (exact) mass is 504 g/mol. The maximum absolute atomic E-state index is 13.2. The van der Waals surface area contributed by atoms with Crippen LogP contribution in [-0.4, -0.2) is 64.7 Å². The number of amides is 2. The lowest BCUT2D eigenvalue weighted by Gasteiger charge is -2.28. The van der Waals surface area contributed by atoms with Crippen LogP contribution in [0.25, 0.3) is 0 Å². The summed E-state index contributed by atoms with van der Waals surface area (Å²) in [6.45, 7) is 1.75. The van der Waals surface area contributed by atoms with Crippen molar-refractivity contribution in [2.45, 2.75) is 6.42 Å². The first-order chi connectivity index (χ1) is 15.2. The average Bonchev–Trinajstić information content (AvgIpc) is 2.77. The smallest absolute Gasteiger partial charge is 0.250 e. The maximum atomic E-state index is 13.2. The summed E-state index contributed by atoms with van der Waals surface area (Å²) < 4.78 is 11.8. The first kappa shape index (κ1) is 23.9. The fourth-order valence-electron chi connectivity index (χ4n) is 3.58. The molecule has 2 amide bonds. The van der Waals surface area contributed by atoms with Crippen molar-refractivity contribution >= 4 is 39.1 Å². The quantitative estimate of drug-likeness (QED) is 0.573. The van der Waals surface area contributed by atoms with Gasteiger partial charge in [0.05, 0.1) is 30.0 Å². The molecule has 1 aliphatic heterocycles. The van der Waals surface area contributed by atoms with Crippen molar-refractivity contribution < 1.29 is 19.1 Å². The molecule has 1 aliphatic rings. The highest BCUT2D eigenvalue weighted by molar-refractivity contribution is 9.10. The predicted molar refractivity (Wildman–Crippen MR) is 129 cm³/mol. The molecule has 0 saturated carbocycles. The fraction of sp³-hybridized carbons (Fsp3) is 0.391. The van der Waals surface area contributed by atoms with Crippen LogP contribution in [0.4, 0.5) is 11.4 Å². The summed E-state index contributed by atoms with van der Waals surface area (Å²) in [5.74, 6) is 0.200. The van der Waals surface area contributed by atoms with Gasteiger partial charge in [0.2, 0.25) is 5.91 Å². The molecule has 172 valence electrons. The predicted octanol–water partition coefficient (Wildman–Crippen LogP) is 2.74. The maximum Gasteiger partial charge on any atom is 0.250 e. The number of hydrogen-bond donors (Lipinski definition) is 2. The first-order valence-electron chi connectivity index (χ1n) is 10.3. The molecular weight excluding hydrogens is 476 g/mol. The second-order valence-corrected chi connectivity index (χ2v) is 9.03. The lowest BCUT2D eigenvalue weighted by molar-refractivity contribution is -0.121. The van der Waals surface area contributed by atoms with E-state index >= 15 is 0 Å². The molecule has 8 nitrogen and oxygen atoms in total. The van der Waals surface area contributed by atoms with Gasteiger partial charge in [-0.25, -0.2) is 0 Å². The van der Waals surface area contributed by atoms with Crippen LogP contribution in [0.3, 0.4) is 0 Å². The zero-order chi connectivity index (χ0) is 23.4. The topological polar surface area (TPSA) is 97.1 Å². The van der Waals surface area contributed by atoms with E-state index in [1.807, 2.05) is 50.3 Å². The van der Waals surface area contributed by atoms with Crippen LogP contribution in [0.15, 0.2) is 34.8 Å². The summed E-state index contributed by atoms with van der Waals surface area (Å²) >= 11 is 3.45. The fourth-order valence-corrected chi connectivity index (χ4v) is 4.03. The van der Waals surface area contributed by atoms with Gasteiger partial charge in [0, 0.05) is 24.6 Å². The first-order valence-corrected chi connectivity index (χ1v) is 11.1. The Morgan fingerprint density at radius 3 is 2.62 bits per heavy atom. The van der Waals surface area contributed by atoms with Gasteiger partial charge in [0.25, 0.3) is 5.91 Å². The average molecular weight is 505 g/mol. The molecular formula is C23H29BrN4O4. The number of nitrogens with zero attached hydrogens (tertiary/aromatic N) is 2. The van der Waals surface area contributed by atoms with Crippen molar-refractivity contribution in [1.29, 1.82) is 0 Å². The van der Waals surface area contributed by atoms with Gasteiger partial charge in [-0.3, -0.25) is 9.59 Å². The molecule has 3 N–H and O–H groups in total. The Labute approximate surface area is 196 Å². The number of fused-ring (bicyclic) bond motifs is 1. The molecule has 32 heavy (non-hydrogen) atoms. The third-order valence-electron chi connectivity index (χ3n) is 5.43. The number of methoxy groups -OCH3 is 1. The molecule has 0 unspecified atom stereocenters. The normalized spacial score (nSPS) is 15.0. The molecule has 9 heteroatoms. The van der Waals surface area contributed by atoms with Gasteiger partial charge in [-0.15, -0.1) is 0 Å². The summed E-state index contributed by atoms with van der Waals surface area (Å²) in [4.78, 5) is 29.5. The van der Waals surface area contributed by atoms with Crippen LogP contribution < -0.4 is 25.4 Å². The van der Waals surface area contributed by atoms with Crippen molar-refractivity contribution in [3.8, 4) is 11.5 Å². The summed E-state index contributed by atoms with van der Waals surface area (Å²) in [5, 5.41) is 2.96. The number of benzene rings is 2. The lowest BCUT2D eigenvalue weighted by atomic mass is 9.95. The highest BCUT2D eigenvalue weighted by Crippen LogP contribution is 2.35. The van der Waals surface area contributed by atoms with E-state index < -0.39 is 11.8 Å². The van der Waals surface area contributed by atoms with Crippen LogP contribution in [0.5, 0.6) is 11.5 Å². The van der Waals surface area contributed by atoms with Gasteiger partial charge >= 0.3 is 0 Å². The Morgan fingerprint density at radius 2 is 1.97 bits per heavy atom. The van der Waals surface area contributed by atoms with E-state index in [9.17, 15) is 9.59 Å². The van der Waals surface area contributed by atoms with Gasteiger partial charge < -0.3 is 30.3 Å². The van der Waals surface area contributed by atoms with Gasteiger partial charge in [-0.1, -0.05) is 15.9 Å². The molecule has 0 aromatic heterocycles. The highest BCUT2D eigenvalue weighted by atomic mass is 79.9. The van der Waals surface area contributed by atoms with E-state index in [-0.39, 0.29) is 18.1 Å². The third kappa shape index (κ3) is 5.52. The second kappa shape index (κ2) is 10.2. The van der Waals surface area contributed by atoms with Crippen molar-refractivity contribution in [3.05, 3.63) is 45.9 Å². The molecule has 2 aromatic carbocycles. The van der Waals surface area contributed by atoms with E-state index in [2.05, 4.69) is 26.1 Å². The minimum Gasteiger partial charge on any atom is -0.497 e. The largest absolute Gasteiger partial charge is 0.497 e. The van der Waals surface area contributed by atoms with Crippen molar-refractivity contribution in [2.75, 3.05) is 58.2 Å². The molecule has 0 spiro atoms. The number of carbonyl (C=O) groups is 2. The van der Waals surface area contributed by atoms with Gasteiger partial charge in [0.15, 0.2) is 0 Å². The SMILES string of the molecule is COc1ccc2c(c1)C[C@@H](C(=O)Nc1c(C(N)=O)cc(Br)cc1N(C)CCN(C)C)CO2. The van der Waals surface area contributed by atoms with Crippen LogP contribution in [0, 0.1) is 5.92 Å². The number of nitrogens with two attached hydrogens (primary N) is 1. The van der Waals surface area contributed by atoms with Crippen LogP contribution in [0.2, 0.25) is 0 Å². The second-order valence-electron chi connectivity index (χ2n) is 8.11. The zero-order valence-electron chi connectivity index (χ0n) is 18.8. The molecule has 2 aromatic rings. The third-order valence-corrected chi connectivity index (χ3v) is 5.89. The van der Waals surface area contributed by atoms with Crippen LogP contribution in [0.1, 0.15) is 15.9 Å². The highest BCUT2D eigenvalue weighted by Gasteiger charge is 2.28. The molecule has 1 atom stereocenters. The van der Waals surface area contributed by atoms with E-state index in [1.54, 1.807) is 13.2 Å². The van der Waals surface area contributed by atoms with Gasteiger partial charge in [-0.05, 0) is 56.4 Å². The summed E-state index contributed by atoms with van der Waals surface area (Å²) in [5.41, 5.74) is 7.92. The minimum absolute atomic E-state index is 0.231. The number of nitrogens with one attached hydrogen (secondary N) is 1. The van der Waals surface area contributed by atoms with Gasteiger partial charge in [0.1, 0.15) is 18.1 Å². The van der Waals surface area contributed by atoms with E-state index in [0.29, 0.717) is 34.6 Å². The zero-order valence-corrected chi connectivity index (χ0v) is 20.4. The molecule has 0 saturated heterocycles. The Morgan fingerprint density at radius 1 is 1.22 bits per heavy atom. The number of rotatable bonds is 8. The number of likely N-dealkylation sites (N-methyl/N-ethyl adjacent to an activating group) is 2. The molecule has 3 rings (SSSR count). The lowest BCUT2D eigenvalue weighted by Crippen LogP contribution is -2.34. The standard InChI is InChI=1S/C23H29BrN4O4/c1-27(2)7-8-28(3)19-12-16(24)11-18(22(25)29)21(19)26-23(30)15-9-14-10-17(31-4)5-6-20(14)32-13-15/h5-6,10-12,15H,7-9,13H2,1-4H3,(H2,25,29)(H,26,30)/t15-/m1/s1. The number of primary amides is 1. The Bertz CT molecular complexity index is 1010. The van der Waals surface area contributed by atoms with E-state index in [0.717, 1.165) is 17.9 Å². The number of hydrogen-bond acceptors (Lipinski definition) is 6. The minimum atomic E-state index is -0.612. The number of anilines is 2.